The maximum atomic E-state index is 12.6. The van der Waals surface area contributed by atoms with Gasteiger partial charge in [-0.3, -0.25) is 0 Å². The van der Waals surface area contributed by atoms with Crippen molar-refractivity contribution in [2.45, 2.75) is 20.0 Å². The van der Waals surface area contributed by atoms with Gasteiger partial charge in [0.2, 0.25) is 0 Å². The fraction of sp³-hybridized carbons (Fsp3) is 0.364. The molecule has 0 aliphatic rings. The average Bonchev–Trinajstić information content (AvgIpc) is 2.18. The van der Waals surface area contributed by atoms with Crippen LogP contribution in [0.15, 0.2) is 24.3 Å². The summed E-state index contributed by atoms with van der Waals surface area (Å²) in [5.74, 6) is -0.351. The molecule has 1 N–H and O–H groups in total. The summed E-state index contributed by atoms with van der Waals surface area (Å²) < 4.78 is 12.6. The lowest BCUT2D eigenvalue weighted by Gasteiger charge is -2.23. The molecule has 0 bridgehead atoms. The molecule has 0 heterocycles. The molecule has 0 saturated heterocycles. The quantitative estimate of drug-likeness (QED) is 0.783. The minimum absolute atomic E-state index is 0.351. The zero-order chi connectivity index (χ0) is 10.8. The molecular weight excluding hydrogens is 181 g/mol. The van der Waals surface area contributed by atoms with E-state index in [1.54, 1.807) is 13.8 Å². The van der Waals surface area contributed by atoms with Gasteiger partial charge in [0.1, 0.15) is 5.82 Å². The predicted octanol–water partition coefficient (Wildman–Crippen LogP) is 2.41. The van der Waals surface area contributed by atoms with E-state index in [1.807, 2.05) is 6.07 Å². The van der Waals surface area contributed by atoms with E-state index in [1.165, 1.54) is 24.3 Å². The topological polar surface area (TPSA) is 44.0 Å². The summed E-state index contributed by atoms with van der Waals surface area (Å²) in [7, 11) is 0. The minimum atomic E-state index is -0.895. The Kier molecular flexibility index (Phi) is 2.87. The number of nitrogens with zero attached hydrogens (tertiary/aromatic N) is 1. The number of aliphatic hydroxyl groups excluding tert-OH is 1. The average molecular weight is 193 g/mol. The molecule has 14 heavy (non-hydrogen) atoms. The van der Waals surface area contributed by atoms with Gasteiger partial charge >= 0.3 is 0 Å². The molecule has 2 nitrogen and oxygen atoms in total. The van der Waals surface area contributed by atoms with Crippen LogP contribution in [-0.2, 0) is 0 Å². The largest absolute Gasteiger partial charge is 0.387 e. The lowest BCUT2D eigenvalue weighted by Crippen LogP contribution is -2.19. The van der Waals surface area contributed by atoms with Gasteiger partial charge in [0.05, 0.1) is 17.6 Å². The number of nitriles is 1. The Hall–Kier alpha value is -1.40. The summed E-state index contributed by atoms with van der Waals surface area (Å²) in [6, 6.07) is 7.52. The molecule has 1 aromatic carbocycles. The van der Waals surface area contributed by atoms with E-state index in [9.17, 15) is 9.50 Å². The van der Waals surface area contributed by atoms with Crippen LogP contribution in [0.1, 0.15) is 25.5 Å². The zero-order valence-corrected chi connectivity index (χ0v) is 8.16. The van der Waals surface area contributed by atoms with Crippen molar-refractivity contribution >= 4 is 0 Å². The fourth-order valence-corrected chi connectivity index (χ4v) is 1.12. The van der Waals surface area contributed by atoms with Crippen LogP contribution in [0.5, 0.6) is 0 Å². The number of hydrogen-bond donors (Lipinski definition) is 1. The lowest BCUT2D eigenvalue weighted by molar-refractivity contribution is 0.0867. The van der Waals surface area contributed by atoms with E-state index in [-0.39, 0.29) is 5.82 Å². The predicted molar refractivity (Wildman–Crippen MR) is 50.8 cm³/mol. The number of hydrogen-bond acceptors (Lipinski definition) is 2. The molecule has 0 aromatic heterocycles. The SMILES string of the molecule is CC(C)(C#N)C(O)c1ccc(F)cc1. The first kappa shape index (κ1) is 10.7. The van der Waals surface area contributed by atoms with Crippen LogP contribution >= 0.6 is 0 Å². The molecule has 0 amide bonds. The third kappa shape index (κ3) is 2.09. The number of rotatable bonds is 2. The molecule has 0 aliphatic carbocycles. The fourth-order valence-electron chi connectivity index (χ4n) is 1.12. The molecule has 1 rings (SSSR count). The molecule has 0 saturated carbocycles. The van der Waals surface area contributed by atoms with Gasteiger partial charge in [-0.1, -0.05) is 12.1 Å². The Balaban J connectivity index is 2.96. The second-order valence-electron chi connectivity index (χ2n) is 3.79. The monoisotopic (exact) mass is 193 g/mol. The van der Waals surface area contributed by atoms with E-state index in [4.69, 9.17) is 5.26 Å². The first-order valence-corrected chi connectivity index (χ1v) is 4.32. The summed E-state index contributed by atoms with van der Waals surface area (Å²) in [5.41, 5.74) is -0.310. The Morgan fingerprint density at radius 3 is 2.29 bits per heavy atom. The Bertz CT molecular complexity index is 351. The van der Waals surface area contributed by atoms with Crippen LogP contribution in [0.25, 0.3) is 0 Å². The highest BCUT2D eigenvalue weighted by Crippen LogP contribution is 2.32. The molecule has 74 valence electrons. The van der Waals surface area contributed by atoms with Crippen molar-refractivity contribution in [3.05, 3.63) is 35.6 Å². The molecule has 3 heteroatoms. The van der Waals surface area contributed by atoms with Crippen LogP contribution in [0.4, 0.5) is 4.39 Å². The lowest BCUT2D eigenvalue weighted by atomic mass is 9.84. The molecule has 1 unspecified atom stereocenters. The maximum Gasteiger partial charge on any atom is 0.123 e. The first-order chi connectivity index (χ1) is 6.47. The summed E-state index contributed by atoms with van der Waals surface area (Å²) in [5, 5.41) is 18.6. The van der Waals surface area contributed by atoms with Gasteiger partial charge in [-0.2, -0.15) is 5.26 Å². The first-order valence-electron chi connectivity index (χ1n) is 4.32. The van der Waals surface area contributed by atoms with Gasteiger partial charge in [0, 0.05) is 0 Å². The third-order valence-electron chi connectivity index (χ3n) is 2.16. The number of aliphatic hydroxyl groups is 1. The van der Waals surface area contributed by atoms with Crippen LogP contribution < -0.4 is 0 Å². The summed E-state index contributed by atoms with van der Waals surface area (Å²) in [6.07, 6.45) is -0.895. The Morgan fingerprint density at radius 2 is 1.86 bits per heavy atom. The number of halogens is 1. The van der Waals surface area contributed by atoms with Crippen LogP contribution in [-0.4, -0.2) is 5.11 Å². The van der Waals surface area contributed by atoms with Crippen molar-refractivity contribution in [2.24, 2.45) is 5.41 Å². The second kappa shape index (κ2) is 3.77. The maximum absolute atomic E-state index is 12.6. The molecular formula is C11H12FNO. The Morgan fingerprint density at radius 1 is 1.36 bits per heavy atom. The van der Waals surface area contributed by atoms with Gasteiger partial charge in [0.15, 0.2) is 0 Å². The van der Waals surface area contributed by atoms with Crippen molar-refractivity contribution in [2.75, 3.05) is 0 Å². The van der Waals surface area contributed by atoms with E-state index < -0.39 is 11.5 Å². The van der Waals surface area contributed by atoms with Crippen LogP contribution in [0.2, 0.25) is 0 Å². The van der Waals surface area contributed by atoms with Crippen LogP contribution in [0.3, 0.4) is 0 Å². The van der Waals surface area contributed by atoms with Gasteiger partial charge in [0.25, 0.3) is 0 Å². The highest BCUT2D eigenvalue weighted by Gasteiger charge is 2.28. The highest BCUT2D eigenvalue weighted by atomic mass is 19.1. The minimum Gasteiger partial charge on any atom is -0.387 e. The summed E-state index contributed by atoms with van der Waals surface area (Å²) in [4.78, 5) is 0. The normalized spacial score (nSPS) is 13.4. The van der Waals surface area contributed by atoms with Gasteiger partial charge in [-0.25, -0.2) is 4.39 Å². The number of benzene rings is 1. The molecule has 1 aromatic rings. The Labute approximate surface area is 82.6 Å². The molecule has 1 atom stereocenters. The third-order valence-corrected chi connectivity index (χ3v) is 2.16. The van der Waals surface area contributed by atoms with E-state index in [0.717, 1.165) is 0 Å². The smallest absolute Gasteiger partial charge is 0.123 e. The van der Waals surface area contributed by atoms with Gasteiger partial charge in [-0.05, 0) is 31.5 Å². The highest BCUT2D eigenvalue weighted by molar-refractivity contribution is 5.22. The molecule has 0 spiro atoms. The summed E-state index contributed by atoms with van der Waals surface area (Å²) >= 11 is 0. The zero-order valence-electron chi connectivity index (χ0n) is 8.16. The van der Waals surface area contributed by atoms with Crippen molar-refractivity contribution in [1.29, 1.82) is 5.26 Å². The van der Waals surface area contributed by atoms with Crippen molar-refractivity contribution in [1.82, 2.24) is 0 Å². The van der Waals surface area contributed by atoms with E-state index in [0.29, 0.717) is 5.56 Å². The molecule has 0 radical (unpaired) electrons. The van der Waals surface area contributed by atoms with Gasteiger partial charge < -0.3 is 5.11 Å². The van der Waals surface area contributed by atoms with E-state index in [2.05, 4.69) is 0 Å². The second-order valence-corrected chi connectivity index (χ2v) is 3.79. The standard InChI is InChI=1S/C11H12FNO/c1-11(2,7-13)10(14)8-3-5-9(12)6-4-8/h3-6,10,14H,1-2H3. The van der Waals surface area contributed by atoms with Crippen molar-refractivity contribution < 1.29 is 9.50 Å². The van der Waals surface area contributed by atoms with Crippen LogP contribution in [0, 0.1) is 22.6 Å². The summed E-state index contributed by atoms with van der Waals surface area (Å²) in [6.45, 7) is 3.28. The molecule has 0 aliphatic heterocycles. The van der Waals surface area contributed by atoms with Crippen molar-refractivity contribution in [3.8, 4) is 6.07 Å². The van der Waals surface area contributed by atoms with E-state index >= 15 is 0 Å². The van der Waals surface area contributed by atoms with Crippen molar-refractivity contribution in [3.63, 3.8) is 0 Å². The molecule has 0 fully saturated rings. The van der Waals surface area contributed by atoms with Gasteiger partial charge in [-0.15, -0.1) is 0 Å².